The van der Waals surface area contributed by atoms with Gasteiger partial charge in [-0.3, -0.25) is 11.3 Å². The van der Waals surface area contributed by atoms with E-state index in [-0.39, 0.29) is 11.6 Å². The highest BCUT2D eigenvalue weighted by molar-refractivity contribution is 6.30. The third kappa shape index (κ3) is 2.87. The third-order valence-corrected chi connectivity index (χ3v) is 1.81. The van der Waals surface area contributed by atoms with Crippen LogP contribution >= 0.6 is 11.6 Å². The first-order chi connectivity index (χ1) is 6.43. The fourth-order valence-electron chi connectivity index (χ4n) is 1.03. The molecule has 0 aromatic heterocycles. The summed E-state index contributed by atoms with van der Waals surface area (Å²) < 4.78 is 36.8. The van der Waals surface area contributed by atoms with Crippen molar-refractivity contribution < 1.29 is 13.2 Å². The highest BCUT2D eigenvalue weighted by atomic mass is 35.5. The summed E-state index contributed by atoms with van der Waals surface area (Å²) in [5.41, 5.74) is 1.89. The Morgan fingerprint density at radius 3 is 2.43 bits per heavy atom. The van der Waals surface area contributed by atoms with E-state index in [4.69, 9.17) is 17.4 Å². The molecule has 0 unspecified atom stereocenters. The van der Waals surface area contributed by atoms with Crippen LogP contribution in [0.2, 0.25) is 5.02 Å². The van der Waals surface area contributed by atoms with Crippen LogP contribution in [0.15, 0.2) is 18.2 Å². The summed E-state index contributed by atoms with van der Waals surface area (Å²) in [5, 5.41) is 0.0464. The Morgan fingerprint density at radius 2 is 1.93 bits per heavy atom. The number of rotatable bonds is 2. The minimum Gasteiger partial charge on any atom is -0.271 e. The zero-order valence-corrected chi connectivity index (χ0v) is 7.78. The SMILES string of the molecule is NNCc1cc(Cl)cc(C(F)(F)F)c1. The minimum atomic E-state index is -4.38. The van der Waals surface area contributed by atoms with Gasteiger partial charge in [-0.05, 0) is 23.8 Å². The molecule has 6 heteroatoms. The largest absolute Gasteiger partial charge is 0.416 e. The van der Waals surface area contributed by atoms with E-state index < -0.39 is 11.7 Å². The first kappa shape index (κ1) is 11.3. The van der Waals surface area contributed by atoms with Crippen molar-refractivity contribution in [1.29, 1.82) is 0 Å². The Morgan fingerprint density at radius 1 is 1.29 bits per heavy atom. The molecular weight excluding hydrogens is 217 g/mol. The molecule has 14 heavy (non-hydrogen) atoms. The first-order valence-electron chi connectivity index (χ1n) is 3.73. The van der Waals surface area contributed by atoms with Crippen molar-refractivity contribution in [3.8, 4) is 0 Å². The summed E-state index contributed by atoms with van der Waals surface area (Å²) in [5.74, 6) is 5.00. The summed E-state index contributed by atoms with van der Waals surface area (Å²) in [4.78, 5) is 0. The number of nitrogens with two attached hydrogens (primary N) is 1. The van der Waals surface area contributed by atoms with E-state index in [9.17, 15) is 13.2 Å². The lowest BCUT2D eigenvalue weighted by Crippen LogP contribution is -2.21. The summed E-state index contributed by atoms with van der Waals surface area (Å²) in [6.07, 6.45) is -4.38. The number of hydrogen-bond acceptors (Lipinski definition) is 2. The van der Waals surface area contributed by atoms with Crippen molar-refractivity contribution in [2.75, 3.05) is 0 Å². The molecule has 78 valence electrons. The second kappa shape index (κ2) is 4.16. The second-order valence-electron chi connectivity index (χ2n) is 2.73. The van der Waals surface area contributed by atoms with E-state index in [1.54, 1.807) is 0 Å². The van der Waals surface area contributed by atoms with Crippen LogP contribution < -0.4 is 11.3 Å². The molecule has 0 aliphatic rings. The smallest absolute Gasteiger partial charge is 0.271 e. The van der Waals surface area contributed by atoms with Crippen molar-refractivity contribution in [3.63, 3.8) is 0 Å². The van der Waals surface area contributed by atoms with Gasteiger partial charge in [0.25, 0.3) is 0 Å². The maximum absolute atomic E-state index is 12.3. The van der Waals surface area contributed by atoms with E-state index in [1.807, 2.05) is 0 Å². The summed E-state index contributed by atoms with van der Waals surface area (Å²) >= 11 is 5.52. The lowest BCUT2D eigenvalue weighted by atomic mass is 10.1. The van der Waals surface area contributed by atoms with Gasteiger partial charge in [-0.15, -0.1) is 0 Å². The summed E-state index contributed by atoms with van der Waals surface area (Å²) in [6.45, 7) is 0.143. The lowest BCUT2D eigenvalue weighted by Gasteiger charge is -2.09. The average molecular weight is 225 g/mol. The number of benzene rings is 1. The van der Waals surface area contributed by atoms with Crippen molar-refractivity contribution >= 4 is 11.6 Å². The van der Waals surface area contributed by atoms with Crippen LogP contribution in [0.1, 0.15) is 11.1 Å². The third-order valence-electron chi connectivity index (χ3n) is 1.59. The molecule has 0 bridgehead atoms. The quantitative estimate of drug-likeness (QED) is 0.598. The van der Waals surface area contributed by atoms with Gasteiger partial charge >= 0.3 is 6.18 Å². The number of hydrogen-bond donors (Lipinski definition) is 2. The molecule has 0 atom stereocenters. The summed E-state index contributed by atoms with van der Waals surface area (Å²) in [6, 6.07) is 3.31. The van der Waals surface area contributed by atoms with Gasteiger partial charge < -0.3 is 0 Å². The molecule has 0 heterocycles. The fraction of sp³-hybridized carbons (Fsp3) is 0.250. The molecule has 1 rings (SSSR count). The molecule has 0 spiro atoms. The first-order valence-corrected chi connectivity index (χ1v) is 4.11. The number of alkyl halides is 3. The fourth-order valence-corrected chi connectivity index (χ4v) is 1.29. The maximum Gasteiger partial charge on any atom is 0.416 e. The molecule has 0 aliphatic carbocycles. The van der Waals surface area contributed by atoms with Crippen LogP contribution in [0, 0.1) is 0 Å². The van der Waals surface area contributed by atoms with Crippen LogP contribution in [0.3, 0.4) is 0 Å². The standard InChI is InChI=1S/C8H8ClF3N2/c9-7-2-5(4-14-13)1-6(3-7)8(10,11)12/h1-3,14H,4,13H2. The number of hydrazine groups is 1. The highest BCUT2D eigenvalue weighted by Gasteiger charge is 2.30. The van der Waals surface area contributed by atoms with Gasteiger partial charge in [0, 0.05) is 11.6 Å². The van der Waals surface area contributed by atoms with Crippen molar-refractivity contribution in [3.05, 3.63) is 34.3 Å². The molecule has 3 N–H and O–H groups in total. The zero-order valence-electron chi connectivity index (χ0n) is 7.03. The molecule has 0 aliphatic heterocycles. The molecule has 0 radical (unpaired) electrons. The van der Waals surface area contributed by atoms with Crippen LogP contribution in [0.5, 0.6) is 0 Å². The Labute approximate surface area is 83.8 Å². The summed E-state index contributed by atoms with van der Waals surface area (Å²) in [7, 11) is 0. The van der Waals surface area contributed by atoms with E-state index in [2.05, 4.69) is 5.43 Å². The molecule has 0 saturated heterocycles. The Kier molecular flexibility index (Phi) is 3.36. The highest BCUT2D eigenvalue weighted by Crippen LogP contribution is 2.31. The van der Waals surface area contributed by atoms with Crippen molar-refractivity contribution in [2.45, 2.75) is 12.7 Å². The van der Waals surface area contributed by atoms with Gasteiger partial charge in [-0.1, -0.05) is 11.6 Å². The van der Waals surface area contributed by atoms with Crippen LogP contribution in [0.25, 0.3) is 0 Å². The predicted octanol–water partition coefficient (Wildman–Crippen LogP) is 2.32. The van der Waals surface area contributed by atoms with Gasteiger partial charge in [0.2, 0.25) is 0 Å². The minimum absolute atomic E-state index is 0.0464. The average Bonchev–Trinajstić information content (AvgIpc) is 2.02. The molecule has 0 fully saturated rings. The molecular formula is C8H8ClF3N2. The predicted molar refractivity (Wildman–Crippen MR) is 47.5 cm³/mol. The molecule has 1 aromatic carbocycles. The Hall–Kier alpha value is -0.780. The monoisotopic (exact) mass is 224 g/mol. The molecule has 0 saturated carbocycles. The second-order valence-corrected chi connectivity index (χ2v) is 3.16. The molecule has 0 amide bonds. The number of nitrogens with one attached hydrogen (secondary N) is 1. The maximum atomic E-state index is 12.3. The van der Waals surface area contributed by atoms with Gasteiger partial charge in [-0.25, -0.2) is 0 Å². The topological polar surface area (TPSA) is 38.0 Å². The Balaban J connectivity index is 3.07. The van der Waals surface area contributed by atoms with E-state index in [0.29, 0.717) is 5.56 Å². The Bertz CT molecular complexity index is 325. The van der Waals surface area contributed by atoms with Crippen molar-refractivity contribution in [2.24, 2.45) is 5.84 Å². The van der Waals surface area contributed by atoms with Crippen molar-refractivity contribution in [1.82, 2.24) is 5.43 Å². The van der Waals surface area contributed by atoms with Gasteiger partial charge in [0.15, 0.2) is 0 Å². The van der Waals surface area contributed by atoms with Crippen LogP contribution in [-0.4, -0.2) is 0 Å². The lowest BCUT2D eigenvalue weighted by molar-refractivity contribution is -0.137. The normalized spacial score (nSPS) is 11.8. The van der Waals surface area contributed by atoms with Crippen LogP contribution in [0.4, 0.5) is 13.2 Å². The van der Waals surface area contributed by atoms with E-state index >= 15 is 0 Å². The van der Waals surface area contributed by atoms with Gasteiger partial charge in [0.1, 0.15) is 0 Å². The van der Waals surface area contributed by atoms with E-state index in [0.717, 1.165) is 12.1 Å². The zero-order chi connectivity index (χ0) is 10.8. The molecule has 1 aromatic rings. The molecule has 2 nitrogen and oxygen atoms in total. The van der Waals surface area contributed by atoms with Gasteiger partial charge in [-0.2, -0.15) is 13.2 Å². The number of halogens is 4. The van der Waals surface area contributed by atoms with Crippen LogP contribution in [-0.2, 0) is 12.7 Å². The van der Waals surface area contributed by atoms with Gasteiger partial charge in [0.05, 0.1) is 5.56 Å². The van der Waals surface area contributed by atoms with E-state index in [1.165, 1.54) is 6.07 Å².